The number of benzene rings is 2. The monoisotopic (exact) mass is 284 g/mol. The fourth-order valence-electron chi connectivity index (χ4n) is 2.21. The van der Waals surface area contributed by atoms with Crippen molar-refractivity contribution in [2.45, 2.75) is 12.5 Å². The SMILES string of the molecule is O=C1CC(c2ccccc2)N=C(c2ccc(Cl)cc2)N1. The zero-order chi connectivity index (χ0) is 13.9. The standard InChI is InChI=1S/C16H13ClN2O/c17-13-8-6-12(7-9-13)16-18-14(10-15(20)19-16)11-4-2-1-3-5-11/h1-9,14H,10H2,(H,18,19,20). The molecule has 4 heteroatoms. The van der Waals surface area contributed by atoms with Gasteiger partial charge >= 0.3 is 0 Å². The molecule has 0 radical (unpaired) electrons. The lowest BCUT2D eigenvalue weighted by molar-refractivity contribution is -0.120. The Labute approximate surface area is 122 Å². The summed E-state index contributed by atoms with van der Waals surface area (Å²) >= 11 is 5.88. The van der Waals surface area contributed by atoms with Crippen molar-refractivity contribution in [2.24, 2.45) is 4.99 Å². The first kappa shape index (κ1) is 12.9. The number of carbonyl (C=O) groups is 1. The van der Waals surface area contributed by atoms with Crippen molar-refractivity contribution in [1.82, 2.24) is 5.32 Å². The Morgan fingerprint density at radius 2 is 1.75 bits per heavy atom. The van der Waals surface area contributed by atoms with Crippen LogP contribution >= 0.6 is 11.6 Å². The molecule has 0 saturated heterocycles. The molecule has 1 unspecified atom stereocenters. The van der Waals surface area contributed by atoms with E-state index >= 15 is 0 Å². The van der Waals surface area contributed by atoms with Gasteiger partial charge in [0.15, 0.2) is 0 Å². The number of nitrogens with zero attached hydrogens (tertiary/aromatic N) is 1. The molecule has 1 aliphatic heterocycles. The number of nitrogens with one attached hydrogen (secondary N) is 1. The van der Waals surface area contributed by atoms with Crippen LogP contribution in [0.3, 0.4) is 0 Å². The molecule has 0 spiro atoms. The maximum Gasteiger partial charge on any atom is 0.228 e. The van der Waals surface area contributed by atoms with Gasteiger partial charge in [-0.2, -0.15) is 0 Å². The van der Waals surface area contributed by atoms with Gasteiger partial charge in [0.1, 0.15) is 5.84 Å². The quantitative estimate of drug-likeness (QED) is 0.903. The minimum absolute atomic E-state index is 0.0150. The van der Waals surface area contributed by atoms with Gasteiger partial charge in [-0.15, -0.1) is 0 Å². The molecule has 2 aromatic rings. The van der Waals surface area contributed by atoms with Gasteiger partial charge in [0.2, 0.25) is 5.91 Å². The summed E-state index contributed by atoms with van der Waals surface area (Å²) in [5, 5.41) is 3.48. The van der Waals surface area contributed by atoms with Crippen LogP contribution in [0.25, 0.3) is 0 Å². The van der Waals surface area contributed by atoms with E-state index in [0.717, 1.165) is 11.1 Å². The fourth-order valence-corrected chi connectivity index (χ4v) is 2.34. The van der Waals surface area contributed by atoms with Crippen LogP contribution in [0, 0.1) is 0 Å². The lowest BCUT2D eigenvalue weighted by Gasteiger charge is -2.21. The van der Waals surface area contributed by atoms with E-state index in [1.54, 1.807) is 12.1 Å². The Morgan fingerprint density at radius 1 is 1.05 bits per heavy atom. The van der Waals surface area contributed by atoms with Crippen LogP contribution in [0.5, 0.6) is 0 Å². The number of carbonyl (C=O) groups excluding carboxylic acids is 1. The largest absolute Gasteiger partial charge is 0.310 e. The van der Waals surface area contributed by atoms with Crippen LogP contribution in [0.2, 0.25) is 5.02 Å². The van der Waals surface area contributed by atoms with Gasteiger partial charge in [0, 0.05) is 10.6 Å². The first-order valence-electron chi connectivity index (χ1n) is 6.41. The summed E-state index contributed by atoms with van der Waals surface area (Å²) in [7, 11) is 0. The third-order valence-electron chi connectivity index (χ3n) is 3.22. The molecule has 1 aliphatic rings. The Kier molecular flexibility index (Phi) is 3.52. The molecule has 0 aromatic heterocycles. The summed E-state index contributed by atoms with van der Waals surface area (Å²) < 4.78 is 0. The molecular weight excluding hydrogens is 272 g/mol. The molecule has 1 N–H and O–H groups in total. The zero-order valence-corrected chi connectivity index (χ0v) is 11.5. The summed E-state index contributed by atoms with van der Waals surface area (Å²) in [6, 6.07) is 17.0. The predicted octanol–water partition coefficient (Wildman–Crippen LogP) is 3.35. The van der Waals surface area contributed by atoms with Crippen molar-refractivity contribution in [2.75, 3.05) is 0 Å². The van der Waals surface area contributed by atoms with Crippen LogP contribution in [-0.4, -0.2) is 11.7 Å². The van der Waals surface area contributed by atoms with Crippen LogP contribution in [0.1, 0.15) is 23.6 Å². The average Bonchev–Trinajstić information content (AvgIpc) is 2.48. The van der Waals surface area contributed by atoms with Crippen molar-refractivity contribution in [3.63, 3.8) is 0 Å². The van der Waals surface area contributed by atoms with Gasteiger partial charge in [-0.05, 0) is 29.8 Å². The number of aliphatic imine (C=N–C) groups is 1. The molecule has 20 heavy (non-hydrogen) atoms. The van der Waals surface area contributed by atoms with E-state index in [-0.39, 0.29) is 11.9 Å². The van der Waals surface area contributed by atoms with Crippen LogP contribution in [-0.2, 0) is 4.79 Å². The topological polar surface area (TPSA) is 41.5 Å². The smallest absolute Gasteiger partial charge is 0.228 e. The summed E-state index contributed by atoms with van der Waals surface area (Å²) in [6.45, 7) is 0. The van der Waals surface area contributed by atoms with Gasteiger partial charge in [-0.1, -0.05) is 41.9 Å². The Morgan fingerprint density at radius 3 is 2.45 bits per heavy atom. The number of hydrogen-bond acceptors (Lipinski definition) is 2. The van der Waals surface area contributed by atoms with Crippen molar-refractivity contribution < 1.29 is 4.79 Å². The lowest BCUT2D eigenvalue weighted by atomic mass is 10.0. The van der Waals surface area contributed by atoms with E-state index in [0.29, 0.717) is 17.3 Å². The average molecular weight is 285 g/mol. The van der Waals surface area contributed by atoms with E-state index in [4.69, 9.17) is 11.6 Å². The highest BCUT2D eigenvalue weighted by Gasteiger charge is 2.22. The molecular formula is C16H13ClN2O. The highest BCUT2D eigenvalue weighted by Crippen LogP contribution is 2.24. The molecule has 0 fully saturated rings. The van der Waals surface area contributed by atoms with Crippen molar-refractivity contribution >= 4 is 23.3 Å². The molecule has 1 amide bonds. The van der Waals surface area contributed by atoms with Gasteiger partial charge in [0.05, 0.1) is 12.5 Å². The second-order valence-electron chi connectivity index (χ2n) is 4.66. The highest BCUT2D eigenvalue weighted by molar-refractivity contribution is 6.30. The van der Waals surface area contributed by atoms with Crippen LogP contribution < -0.4 is 5.32 Å². The molecule has 3 rings (SSSR count). The summed E-state index contributed by atoms with van der Waals surface area (Å²) in [6.07, 6.45) is 0.376. The molecule has 2 aromatic carbocycles. The van der Waals surface area contributed by atoms with Gasteiger partial charge in [-0.3, -0.25) is 9.79 Å². The third kappa shape index (κ3) is 2.73. The zero-order valence-electron chi connectivity index (χ0n) is 10.7. The number of rotatable bonds is 2. The molecule has 1 atom stereocenters. The van der Waals surface area contributed by atoms with Crippen molar-refractivity contribution in [3.05, 3.63) is 70.7 Å². The summed E-state index contributed by atoms with van der Waals surface area (Å²) in [5.74, 6) is 0.588. The predicted molar refractivity (Wildman–Crippen MR) is 79.9 cm³/mol. The van der Waals surface area contributed by atoms with E-state index in [9.17, 15) is 4.79 Å². The Balaban J connectivity index is 1.96. The normalized spacial score (nSPS) is 18.4. The Bertz CT molecular complexity index is 650. The lowest BCUT2D eigenvalue weighted by Crippen LogP contribution is -2.36. The number of halogens is 1. The van der Waals surface area contributed by atoms with E-state index in [1.165, 1.54) is 0 Å². The Hall–Kier alpha value is -2.13. The second-order valence-corrected chi connectivity index (χ2v) is 5.10. The van der Waals surface area contributed by atoms with Crippen molar-refractivity contribution in [1.29, 1.82) is 0 Å². The summed E-state index contributed by atoms with van der Waals surface area (Å²) in [4.78, 5) is 16.5. The van der Waals surface area contributed by atoms with E-state index in [2.05, 4.69) is 10.3 Å². The van der Waals surface area contributed by atoms with Gasteiger partial charge in [0.25, 0.3) is 0 Å². The van der Waals surface area contributed by atoms with Gasteiger partial charge in [-0.25, -0.2) is 0 Å². The molecule has 0 aliphatic carbocycles. The fraction of sp³-hybridized carbons (Fsp3) is 0.125. The number of hydrogen-bond donors (Lipinski definition) is 1. The maximum absolute atomic E-state index is 11.9. The molecule has 1 heterocycles. The minimum atomic E-state index is -0.129. The second kappa shape index (κ2) is 5.47. The maximum atomic E-state index is 11.9. The molecule has 0 bridgehead atoms. The first-order valence-corrected chi connectivity index (χ1v) is 6.79. The van der Waals surface area contributed by atoms with E-state index < -0.39 is 0 Å². The molecule has 0 saturated carbocycles. The number of amidine groups is 1. The molecule has 100 valence electrons. The van der Waals surface area contributed by atoms with E-state index in [1.807, 2.05) is 42.5 Å². The third-order valence-corrected chi connectivity index (χ3v) is 3.48. The minimum Gasteiger partial charge on any atom is -0.310 e. The highest BCUT2D eigenvalue weighted by atomic mass is 35.5. The number of amides is 1. The molecule has 3 nitrogen and oxygen atoms in total. The van der Waals surface area contributed by atoms with Gasteiger partial charge < -0.3 is 5.32 Å². The first-order chi connectivity index (χ1) is 9.72. The van der Waals surface area contributed by atoms with Crippen molar-refractivity contribution in [3.8, 4) is 0 Å². The summed E-state index contributed by atoms with van der Waals surface area (Å²) in [5.41, 5.74) is 1.91. The van der Waals surface area contributed by atoms with Crippen LogP contribution in [0.15, 0.2) is 59.6 Å². The van der Waals surface area contributed by atoms with Crippen LogP contribution in [0.4, 0.5) is 0 Å².